The van der Waals surface area contributed by atoms with Crippen molar-refractivity contribution >= 4 is 5.69 Å². The quantitative estimate of drug-likeness (QED) is 0.817. The zero-order valence-corrected chi connectivity index (χ0v) is 11.2. The van der Waals surface area contributed by atoms with Crippen LogP contribution >= 0.6 is 0 Å². The number of benzene rings is 1. The van der Waals surface area contributed by atoms with Gasteiger partial charge in [-0.3, -0.25) is 0 Å². The molecule has 0 saturated heterocycles. The van der Waals surface area contributed by atoms with Crippen molar-refractivity contribution in [1.29, 1.82) is 0 Å². The molecule has 0 heterocycles. The maximum absolute atomic E-state index is 13.2. The van der Waals surface area contributed by atoms with Gasteiger partial charge in [-0.1, -0.05) is 19.3 Å². The lowest BCUT2D eigenvalue weighted by molar-refractivity contribution is 0.285. The van der Waals surface area contributed by atoms with Gasteiger partial charge in [0.2, 0.25) is 0 Å². The molecule has 1 atom stereocenters. The molecule has 1 unspecified atom stereocenters. The van der Waals surface area contributed by atoms with Crippen molar-refractivity contribution in [2.45, 2.75) is 45.6 Å². The molecule has 0 aromatic heterocycles. The maximum Gasteiger partial charge on any atom is 0.145 e. The third kappa shape index (κ3) is 3.37. The first kappa shape index (κ1) is 13.2. The van der Waals surface area contributed by atoms with E-state index in [4.69, 9.17) is 4.74 Å². The van der Waals surface area contributed by atoms with Gasteiger partial charge in [-0.15, -0.1) is 0 Å². The topological polar surface area (TPSA) is 21.3 Å². The molecule has 0 radical (unpaired) electrons. The molecule has 1 saturated carbocycles. The number of rotatable bonds is 6. The van der Waals surface area contributed by atoms with Crippen LogP contribution in [0.3, 0.4) is 0 Å². The summed E-state index contributed by atoms with van der Waals surface area (Å²) in [5, 5.41) is 3.43. The van der Waals surface area contributed by atoms with Gasteiger partial charge < -0.3 is 10.1 Å². The highest BCUT2D eigenvalue weighted by atomic mass is 19.1. The minimum atomic E-state index is -0.254. The Balaban J connectivity index is 1.97. The van der Waals surface area contributed by atoms with Crippen LogP contribution in [0.1, 0.15) is 39.5 Å². The van der Waals surface area contributed by atoms with Crippen LogP contribution in [-0.4, -0.2) is 12.6 Å². The van der Waals surface area contributed by atoms with Gasteiger partial charge in [0, 0.05) is 12.1 Å². The van der Waals surface area contributed by atoms with Crippen molar-refractivity contribution in [3.63, 3.8) is 0 Å². The highest BCUT2D eigenvalue weighted by molar-refractivity contribution is 5.56. The normalized spacial score (nSPS) is 17.1. The molecular weight excluding hydrogens is 229 g/mol. The van der Waals surface area contributed by atoms with Crippen LogP contribution in [0, 0.1) is 11.7 Å². The van der Waals surface area contributed by atoms with Gasteiger partial charge in [0.05, 0.1) is 12.3 Å². The van der Waals surface area contributed by atoms with E-state index in [1.54, 1.807) is 6.07 Å². The molecule has 18 heavy (non-hydrogen) atoms. The van der Waals surface area contributed by atoms with Crippen LogP contribution in [0.5, 0.6) is 5.75 Å². The summed E-state index contributed by atoms with van der Waals surface area (Å²) in [5.41, 5.74) is 0.894. The molecule has 1 aliphatic carbocycles. The summed E-state index contributed by atoms with van der Waals surface area (Å²) >= 11 is 0. The summed E-state index contributed by atoms with van der Waals surface area (Å²) in [7, 11) is 0. The largest absolute Gasteiger partial charge is 0.492 e. The number of anilines is 1. The van der Waals surface area contributed by atoms with E-state index in [1.165, 1.54) is 37.8 Å². The summed E-state index contributed by atoms with van der Waals surface area (Å²) in [6.45, 7) is 4.64. The zero-order chi connectivity index (χ0) is 13.0. The molecule has 1 fully saturated rings. The smallest absolute Gasteiger partial charge is 0.145 e. The Morgan fingerprint density at radius 2 is 2.22 bits per heavy atom. The third-order valence-corrected chi connectivity index (χ3v) is 3.56. The molecule has 1 aromatic rings. The van der Waals surface area contributed by atoms with Crippen molar-refractivity contribution in [3.05, 3.63) is 24.0 Å². The fourth-order valence-corrected chi connectivity index (χ4v) is 2.44. The van der Waals surface area contributed by atoms with Crippen molar-refractivity contribution in [2.24, 2.45) is 5.92 Å². The summed E-state index contributed by atoms with van der Waals surface area (Å²) < 4.78 is 18.6. The third-order valence-electron chi connectivity index (χ3n) is 3.56. The van der Waals surface area contributed by atoms with Crippen LogP contribution in [0.15, 0.2) is 18.2 Å². The lowest BCUT2D eigenvalue weighted by Crippen LogP contribution is -2.23. The minimum absolute atomic E-state index is 0.254. The van der Waals surface area contributed by atoms with Gasteiger partial charge in [-0.05, 0) is 38.3 Å². The first-order valence-corrected chi connectivity index (χ1v) is 6.88. The monoisotopic (exact) mass is 251 g/mol. The van der Waals surface area contributed by atoms with E-state index >= 15 is 0 Å². The van der Waals surface area contributed by atoms with Crippen molar-refractivity contribution in [1.82, 2.24) is 0 Å². The van der Waals surface area contributed by atoms with Gasteiger partial charge in [0.1, 0.15) is 11.6 Å². The molecule has 1 N–H and O–H groups in total. The molecule has 1 aliphatic rings. The second-order valence-corrected chi connectivity index (χ2v) is 5.15. The van der Waals surface area contributed by atoms with Crippen LogP contribution in [-0.2, 0) is 0 Å². The van der Waals surface area contributed by atoms with Gasteiger partial charge >= 0.3 is 0 Å². The summed E-state index contributed by atoms with van der Waals surface area (Å²) in [4.78, 5) is 0. The molecular formula is C15H22FNO. The Labute approximate surface area is 109 Å². The maximum atomic E-state index is 13.2. The second-order valence-electron chi connectivity index (χ2n) is 5.15. The highest BCUT2D eigenvalue weighted by Crippen LogP contribution is 2.32. The van der Waals surface area contributed by atoms with Crippen molar-refractivity contribution < 1.29 is 9.13 Å². The molecule has 1 aromatic carbocycles. The van der Waals surface area contributed by atoms with Crippen molar-refractivity contribution in [3.8, 4) is 5.75 Å². The number of nitrogens with one attached hydrogen (secondary N) is 1. The van der Waals surface area contributed by atoms with Crippen molar-refractivity contribution in [2.75, 3.05) is 11.9 Å². The minimum Gasteiger partial charge on any atom is -0.492 e. The highest BCUT2D eigenvalue weighted by Gasteiger charge is 2.20. The van der Waals surface area contributed by atoms with E-state index in [0.717, 1.165) is 11.6 Å². The van der Waals surface area contributed by atoms with Crippen LogP contribution in [0.2, 0.25) is 0 Å². The van der Waals surface area contributed by atoms with Gasteiger partial charge in [-0.2, -0.15) is 0 Å². The van der Waals surface area contributed by atoms with E-state index in [2.05, 4.69) is 12.2 Å². The van der Waals surface area contributed by atoms with E-state index in [1.807, 2.05) is 6.92 Å². The molecule has 3 heteroatoms. The first-order valence-electron chi connectivity index (χ1n) is 6.88. The fourth-order valence-electron chi connectivity index (χ4n) is 2.44. The predicted molar refractivity (Wildman–Crippen MR) is 72.6 cm³/mol. The molecule has 2 nitrogen and oxygen atoms in total. The first-order chi connectivity index (χ1) is 8.69. The van der Waals surface area contributed by atoms with E-state index in [0.29, 0.717) is 18.4 Å². The Morgan fingerprint density at radius 3 is 2.83 bits per heavy atom. The Morgan fingerprint density at radius 1 is 1.44 bits per heavy atom. The summed E-state index contributed by atoms with van der Waals surface area (Å²) in [5.74, 6) is 1.22. The summed E-state index contributed by atoms with van der Waals surface area (Å²) in [6.07, 6.45) is 5.27. The lowest BCUT2D eigenvalue weighted by atomic mass is 9.81. The molecule has 0 amide bonds. The SMILES string of the molecule is CCOc1cc(F)ccc1NC(C)CC1CCC1. The second kappa shape index (κ2) is 6.07. The molecule has 0 aliphatic heterocycles. The van der Waals surface area contributed by atoms with E-state index in [-0.39, 0.29) is 5.82 Å². The Bertz CT molecular complexity index is 390. The number of halogens is 1. The van der Waals surface area contributed by atoms with Gasteiger partial charge in [0.25, 0.3) is 0 Å². The Kier molecular flexibility index (Phi) is 4.45. The fraction of sp³-hybridized carbons (Fsp3) is 0.600. The summed E-state index contributed by atoms with van der Waals surface area (Å²) in [6, 6.07) is 5.08. The predicted octanol–water partition coefficient (Wildman–Crippen LogP) is 4.22. The Hall–Kier alpha value is -1.25. The molecule has 0 bridgehead atoms. The zero-order valence-electron chi connectivity index (χ0n) is 11.2. The number of ether oxygens (including phenoxy) is 1. The molecule has 2 rings (SSSR count). The molecule has 0 spiro atoms. The van der Waals surface area contributed by atoms with Gasteiger partial charge in [0.15, 0.2) is 0 Å². The standard InChI is InChI=1S/C15H22FNO/c1-3-18-15-10-13(16)7-8-14(15)17-11(2)9-12-5-4-6-12/h7-8,10-12,17H,3-6,9H2,1-2H3. The molecule has 100 valence electrons. The average Bonchev–Trinajstić information content (AvgIpc) is 2.28. The lowest BCUT2D eigenvalue weighted by Gasteiger charge is -2.29. The average molecular weight is 251 g/mol. The van der Waals surface area contributed by atoms with Crippen LogP contribution < -0.4 is 10.1 Å². The van der Waals surface area contributed by atoms with Crippen LogP contribution in [0.4, 0.5) is 10.1 Å². The van der Waals surface area contributed by atoms with Crippen LogP contribution in [0.25, 0.3) is 0 Å². The number of hydrogen-bond acceptors (Lipinski definition) is 2. The van der Waals surface area contributed by atoms with E-state index < -0.39 is 0 Å². The van der Waals surface area contributed by atoms with Gasteiger partial charge in [-0.25, -0.2) is 4.39 Å². The van der Waals surface area contributed by atoms with E-state index in [9.17, 15) is 4.39 Å². The number of hydrogen-bond donors (Lipinski definition) is 1.